The standard InChI is InChI=1S/C14H21NOS/c1-4-15-14-12-8-6-5-7-11(12)10(2)9-13(14)17(3)16/h5-8,10,13-15H,4,9H2,1-3H3. The minimum absolute atomic E-state index is 0.236. The second kappa shape index (κ2) is 5.32. The summed E-state index contributed by atoms with van der Waals surface area (Å²) in [6.45, 7) is 5.26. The average molecular weight is 251 g/mol. The lowest BCUT2D eigenvalue weighted by Gasteiger charge is -2.36. The van der Waals surface area contributed by atoms with Crippen molar-refractivity contribution in [1.82, 2.24) is 5.32 Å². The third kappa shape index (κ3) is 2.45. The number of hydrogen-bond donors (Lipinski definition) is 1. The monoisotopic (exact) mass is 251 g/mol. The molecule has 1 aliphatic rings. The van der Waals surface area contributed by atoms with Gasteiger partial charge in [-0.25, -0.2) is 0 Å². The molecule has 3 heteroatoms. The lowest BCUT2D eigenvalue weighted by atomic mass is 9.80. The normalized spacial score (nSPS) is 29.7. The van der Waals surface area contributed by atoms with Gasteiger partial charge >= 0.3 is 0 Å². The van der Waals surface area contributed by atoms with Gasteiger partial charge in [-0.15, -0.1) is 0 Å². The molecule has 17 heavy (non-hydrogen) atoms. The molecular weight excluding hydrogens is 230 g/mol. The van der Waals surface area contributed by atoms with Crippen LogP contribution in [0.3, 0.4) is 0 Å². The van der Waals surface area contributed by atoms with Gasteiger partial charge in [-0.3, -0.25) is 4.21 Å². The van der Waals surface area contributed by atoms with Crippen LogP contribution in [0.2, 0.25) is 0 Å². The first-order valence-corrected chi connectivity index (χ1v) is 7.91. The van der Waals surface area contributed by atoms with Crippen molar-refractivity contribution in [2.75, 3.05) is 12.8 Å². The Balaban J connectivity index is 2.42. The predicted molar refractivity (Wildman–Crippen MR) is 73.7 cm³/mol. The summed E-state index contributed by atoms with van der Waals surface area (Å²) in [4.78, 5) is 0. The van der Waals surface area contributed by atoms with Crippen LogP contribution in [0, 0.1) is 0 Å². The van der Waals surface area contributed by atoms with E-state index in [0.29, 0.717) is 5.92 Å². The first-order valence-electron chi connectivity index (χ1n) is 6.29. The van der Waals surface area contributed by atoms with Gasteiger partial charge in [0.05, 0.1) is 5.25 Å². The fourth-order valence-corrected chi connectivity index (χ4v) is 4.03. The van der Waals surface area contributed by atoms with Crippen molar-refractivity contribution in [2.45, 2.75) is 37.5 Å². The smallest absolute Gasteiger partial charge is 0.0545 e. The molecule has 0 amide bonds. The van der Waals surface area contributed by atoms with E-state index in [1.54, 1.807) is 0 Å². The maximum absolute atomic E-state index is 11.9. The van der Waals surface area contributed by atoms with Gasteiger partial charge in [0.2, 0.25) is 0 Å². The van der Waals surface area contributed by atoms with E-state index in [0.717, 1.165) is 13.0 Å². The Hall–Kier alpha value is -0.670. The van der Waals surface area contributed by atoms with E-state index < -0.39 is 10.8 Å². The van der Waals surface area contributed by atoms with Crippen molar-refractivity contribution in [3.63, 3.8) is 0 Å². The van der Waals surface area contributed by atoms with E-state index in [4.69, 9.17) is 0 Å². The molecule has 1 aromatic rings. The molecule has 0 bridgehead atoms. The van der Waals surface area contributed by atoms with Crippen LogP contribution in [-0.4, -0.2) is 22.3 Å². The van der Waals surface area contributed by atoms with E-state index in [2.05, 4.69) is 43.4 Å². The Morgan fingerprint density at radius 3 is 2.59 bits per heavy atom. The third-order valence-corrected chi connectivity index (χ3v) is 4.99. The third-order valence-electron chi connectivity index (χ3n) is 3.67. The first kappa shape index (κ1) is 12.8. The van der Waals surface area contributed by atoms with E-state index in [9.17, 15) is 4.21 Å². The molecule has 94 valence electrons. The SMILES string of the molecule is CCNC1c2ccccc2C(C)CC1S(C)=O. The summed E-state index contributed by atoms with van der Waals surface area (Å²) in [5.74, 6) is 0.509. The zero-order chi connectivity index (χ0) is 12.4. The summed E-state index contributed by atoms with van der Waals surface area (Å²) < 4.78 is 11.9. The predicted octanol–water partition coefficient (Wildman–Crippen LogP) is 2.59. The molecule has 2 nitrogen and oxygen atoms in total. The second-order valence-corrected chi connectivity index (χ2v) is 6.44. The minimum atomic E-state index is -0.774. The van der Waals surface area contributed by atoms with E-state index in [1.807, 2.05) is 6.26 Å². The highest BCUT2D eigenvalue weighted by molar-refractivity contribution is 7.84. The van der Waals surface area contributed by atoms with Crippen molar-refractivity contribution in [1.29, 1.82) is 0 Å². The maximum Gasteiger partial charge on any atom is 0.0545 e. The van der Waals surface area contributed by atoms with Gasteiger partial charge in [-0.05, 0) is 30.0 Å². The Morgan fingerprint density at radius 1 is 1.35 bits per heavy atom. The quantitative estimate of drug-likeness (QED) is 0.894. The molecular formula is C14H21NOS. The van der Waals surface area contributed by atoms with Crippen molar-refractivity contribution in [3.8, 4) is 0 Å². The summed E-state index contributed by atoms with van der Waals surface area (Å²) in [6, 6.07) is 8.81. The molecule has 4 atom stereocenters. The molecule has 0 aromatic heterocycles. The van der Waals surface area contributed by atoms with E-state index in [1.165, 1.54) is 11.1 Å². The molecule has 2 rings (SSSR count). The van der Waals surface area contributed by atoms with Gasteiger partial charge in [0.15, 0.2) is 0 Å². The van der Waals surface area contributed by atoms with Crippen molar-refractivity contribution in [3.05, 3.63) is 35.4 Å². The van der Waals surface area contributed by atoms with Crippen molar-refractivity contribution < 1.29 is 4.21 Å². The number of benzene rings is 1. The summed E-state index contributed by atoms with van der Waals surface area (Å²) in [7, 11) is -0.774. The average Bonchev–Trinajstić information content (AvgIpc) is 2.32. The van der Waals surface area contributed by atoms with Gasteiger partial charge in [-0.2, -0.15) is 0 Å². The molecule has 0 heterocycles. The fraction of sp³-hybridized carbons (Fsp3) is 0.571. The Labute approximate surface area is 106 Å². The molecule has 0 radical (unpaired) electrons. The molecule has 0 fully saturated rings. The Kier molecular flexibility index (Phi) is 4.00. The zero-order valence-electron chi connectivity index (χ0n) is 10.8. The van der Waals surface area contributed by atoms with E-state index >= 15 is 0 Å². The summed E-state index contributed by atoms with van der Waals surface area (Å²) in [5, 5.41) is 3.74. The van der Waals surface area contributed by atoms with Gasteiger partial charge in [-0.1, -0.05) is 38.1 Å². The van der Waals surface area contributed by atoms with Gasteiger partial charge in [0.25, 0.3) is 0 Å². The summed E-state index contributed by atoms with van der Waals surface area (Å²) in [6.07, 6.45) is 2.84. The Morgan fingerprint density at radius 2 is 2.00 bits per heavy atom. The highest BCUT2D eigenvalue weighted by atomic mass is 32.2. The highest BCUT2D eigenvalue weighted by Gasteiger charge is 2.34. The topological polar surface area (TPSA) is 29.1 Å². The molecule has 4 unspecified atom stereocenters. The number of fused-ring (bicyclic) bond motifs is 1. The molecule has 0 spiro atoms. The lowest BCUT2D eigenvalue weighted by molar-refractivity contribution is 0.446. The van der Waals surface area contributed by atoms with Crippen LogP contribution in [0.4, 0.5) is 0 Å². The fourth-order valence-electron chi connectivity index (χ4n) is 2.84. The number of hydrogen-bond acceptors (Lipinski definition) is 2. The van der Waals surface area contributed by atoms with Crippen molar-refractivity contribution >= 4 is 10.8 Å². The molecule has 1 aromatic carbocycles. The van der Waals surface area contributed by atoms with Gasteiger partial charge in [0, 0.05) is 23.1 Å². The van der Waals surface area contributed by atoms with Crippen LogP contribution >= 0.6 is 0 Å². The van der Waals surface area contributed by atoms with Gasteiger partial charge < -0.3 is 5.32 Å². The zero-order valence-corrected chi connectivity index (χ0v) is 11.6. The van der Waals surface area contributed by atoms with E-state index in [-0.39, 0.29) is 11.3 Å². The number of rotatable bonds is 3. The minimum Gasteiger partial charge on any atom is -0.309 e. The number of nitrogens with one attached hydrogen (secondary N) is 1. The second-order valence-electron chi connectivity index (χ2n) is 4.84. The molecule has 1 N–H and O–H groups in total. The molecule has 1 aliphatic carbocycles. The first-order chi connectivity index (χ1) is 8.15. The molecule has 0 aliphatic heterocycles. The van der Waals surface area contributed by atoms with Gasteiger partial charge in [0.1, 0.15) is 0 Å². The van der Waals surface area contributed by atoms with Crippen molar-refractivity contribution in [2.24, 2.45) is 0 Å². The van der Waals surface area contributed by atoms with Crippen LogP contribution < -0.4 is 5.32 Å². The van der Waals surface area contributed by atoms with Crippen LogP contribution in [0.5, 0.6) is 0 Å². The lowest BCUT2D eigenvalue weighted by Crippen LogP contribution is -2.39. The Bertz CT molecular complexity index is 418. The van der Waals surface area contributed by atoms with Crippen LogP contribution in [0.15, 0.2) is 24.3 Å². The molecule has 0 saturated heterocycles. The largest absolute Gasteiger partial charge is 0.309 e. The summed E-state index contributed by atoms with van der Waals surface area (Å²) in [5.41, 5.74) is 2.76. The van der Waals surface area contributed by atoms with Crippen LogP contribution in [-0.2, 0) is 10.8 Å². The maximum atomic E-state index is 11.9. The molecule has 0 saturated carbocycles. The van der Waals surface area contributed by atoms with Crippen LogP contribution in [0.25, 0.3) is 0 Å². The highest BCUT2D eigenvalue weighted by Crippen LogP contribution is 2.39. The van der Waals surface area contributed by atoms with Crippen LogP contribution in [0.1, 0.15) is 43.4 Å². The summed E-state index contributed by atoms with van der Waals surface area (Å²) >= 11 is 0.